The van der Waals surface area contributed by atoms with Gasteiger partial charge in [0.1, 0.15) is 7.05 Å². The Bertz CT molecular complexity index is 1370. The third-order valence-corrected chi connectivity index (χ3v) is 5.65. The molecule has 5 aromatic rings. The molecule has 0 atom stereocenters. The molecule has 28 heavy (non-hydrogen) atoms. The van der Waals surface area contributed by atoms with E-state index in [4.69, 9.17) is 4.98 Å². The Kier molecular flexibility index (Phi) is 3.95. The number of hydrogen-bond donors (Lipinski definition) is 0. The second kappa shape index (κ2) is 6.38. The Morgan fingerprint density at radius 3 is 2.21 bits per heavy atom. The van der Waals surface area contributed by atoms with Crippen LogP contribution in [0.3, 0.4) is 0 Å². The number of nitrogens with zero attached hydrogens (tertiary/aromatic N) is 2. The van der Waals surface area contributed by atoms with Crippen molar-refractivity contribution in [2.45, 2.75) is 0 Å². The summed E-state index contributed by atoms with van der Waals surface area (Å²) >= 11 is 0. The minimum absolute atomic E-state index is 0. The molecule has 1 aliphatic rings. The number of aromatic nitrogens is 2. The number of pyridine rings is 2. The molecule has 0 fully saturated rings. The van der Waals surface area contributed by atoms with E-state index in [1.54, 1.807) is 0 Å². The number of para-hydroxylation sites is 1. The molecule has 2 aromatic heterocycles. The molecule has 1 aliphatic carbocycles. The Hall–Kier alpha value is -2.79. The summed E-state index contributed by atoms with van der Waals surface area (Å²) in [5.41, 5.74) is 8.27. The zero-order valence-electron chi connectivity index (χ0n) is 15.4. The highest BCUT2D eigenvalue weighted by Gasteiger charge is 2.32. The predicted molar refractivity (Wildman–Crippen MR) is 110 cm³/mol. The van der Waals surface area contributed by atoms with Crippen LogP contribution in [-0.4, -0.2) is 4.98 Å². The fourth-order valence-electron chi connectivity index (χ4n) is 4.44. The Morgan fingerprint density at radius 1 is 0.714 bits per heavy atom. The normalized spacial score (nSPS) is 11.5. The molecular formula is C25H17IN2. The fraction of sp³-hybridized carbons (Fsp3) is 0.0400. The van der Waals surface area contributed by atoms with E-state index in [1.807, 2.05) is 6.07 Å². The fourth-order valence-corrected chi connectivity index (χ4v) is 4.44. The first-order valence-corrected chi connectivity index (χ1v) is 9.23. The summed E-state index contributed by atoms with van der Waals surface area (Å²) in [6.07, 6.45) is 0. The summed E-state index contributed by atoms with van der Waals surface area (Å²) in [7, 11) is 2.16. The number of halogens is 1. The molecule has 134 valence electrons. The van der Waals surface area contributed by atoms with Crippen molar-refractivity contribution in [1.82, 2.24) is 4.98 Å². The summed E-state index contributed by atoms with van der Waals surface area (Å²) in [5.74, 6) is 0. The monoisotopic (exact) mass is 472 g/mol. The highest BCUT2D eigenvalue weighted by atomic mass is 127. The lowest BCUT2D eigenvalue weighted by Crippen LogP contribution is -3.00. The van der Waals surface area contributed by atoms with Gasteiger partial charge in [0.25, 0.3) is 0 Å². The van der Waals surface area contributed by atoms with E-state index in [1.165, 1.54) is 38.5 Å². The molecule has 3 heteroatoms. The van der Waals surface area contributed by atoms with Crippen molar-refractivity contribution in [3.8, 4) is 33.8 Å². The molecule has 0 N–H and O–H groups in total. The maximum absolute atomic E-state index is 5.12. The van der Waals surface area contributed by atoms with E-state index in [9.17, 15) is 0 Å². The average Bonchev–Trinajstić information content (AvgIpc) is 3.08. The quantitative estimate of drug-likeness (QED) is 0.204. The van der Waals surface area contributed by atoms with Crippen molar-refractivity contribution < 1.29 is 28.5 Å². The lowest BCUT2D eigenvalue weighted by Gasteiger charge is -2.09. The van der Waals surface area contributed by atoms with Crippen LogP contribution in [0, 0.1) is 0 Å². The molecule has 0 saturated heterocycles. The van der Waals surface area contributed by atoms with Crippen molar-refractivity contribution in [3.63, 3.8) is 0 Å². The van der Waals surface area contributed by atoms with Gasteiger partial charge in [0.2, 0.25) is 11.2 Å². The molecule has 2 heterocycles. The smallest absolute Gasteiger partial charge is 0.223 e. The standard InChI is InChI=1S/C25H17N2.HI/c1-27-22-14-8-7-11-17(22)20-15-21(16-9-3-2-4-10-16)26-24-18-12-5-6-13-19(18)25(27)23(20)24;/h2-15H,1H3;1H/q+1;/p-1. The van der Waals surface area contributed by atoms with Gasteiger partial charge in [0.15, 0.2) is 0 Å². The van der Waals surface area contributed by atoms with Crippen LogP contribution in [0.25, 0.3) is 55.4 Å². The molecule has 0 radical (unpaired) electrons. The minimum atomic E-state index is 0. The van der Waals surface area contributed by atoms with Crippen LogP contribution in [0.2, 0.25) is 0 Å². The van der Waals surface area contributed by atoms with Gasteiger partial charge in [0.05, 0.1) is 27.7 Å². The van der Waals surface area contributed by atoms with Gasteiger partial charge in [0, 0.05) is 22.6 Å². The molecule has 0 aliphatic heterocycles. The van der Waals surface area contributed by atoms with Gasteiger partial charge in [-0.2, -0.15) is 4.57 Å². The van der Waals surface area contributed by atoms with Crippen LogP contribution < -0.4 is 28.5 Å². The lowest BCUT2D eigenvalue weighted by atomic mass is 10.0. The Labute approximate surface area is 180 Å². The molecule has 0 saturated carbocycles. The van der Waals surface area contributed by atoms with Crippen LogP contribution >= 0.6 is 0 Å². The van der Waals surface area contributed by atoms with Crippen molar-refractivity contribution in [2.75, 3.05) is 0 Å². The molecular weight excluding hydrogens is 455 g/mol. The summed E-state index contributed by atoms with van der Waals surface area (Å²) in [5, 5.41) is 3.81. The van der Waals surface area contributed by atoms with Gasteiger partial charge in [-0.3, -0.25) is 0 Å². The number of fused-ring (bicyclic) bond motifs is 5. The van der Waals surface area contributed by atoms with Gasteiger partial charge >= 0.3 is 0 Å². The van der Waals surface area contributed by atoms with Crippen LogP contribution in [0.5, 0.6) is 0 Å². The maximum Gasteiger partial charge on any atom is 0.223 e. The van der Waals surface area contributed by atoms with E-state index in [-0.39, 0.29) is 24.0 Å². The van der Waals surface area contributed by atoms with Crippen molar-refractivity contribution in [1.29, 1.82) is 0 Å². The van der Waals surface area contributed by atoms with E-state index < -0.39 is 0 Å². The van der Waals surface area contributed by atoms with Crippen LogP contribution in [0.15, 0.2) is 84.9 Å². The number of rotatable bonds is 1. The third kappa shape index (κ3) is 2.26. The maximum atomic E-state index is 5.12. The predicted octanol–water partition coefficient (Wildman–Crippen LogP) is 2.53. The number of hydrogen-bond acceptors (Lipinski definition) is 1. The number of benzene rings is 3. The first-order valence-electron chi connectivity index (χ1n) is 9.23. The van der Waals surface area contributed by atoms with E-state index in [2.05, 4.69) is 90.5 Å². The van der Waals surface area contributed by atoms with Gasteiger partial charge < -0.3 is 24.0 Å². The van der Waals surface area contributed by atoms with Gasteiger partial charge in [-0.1, -0.05) is 60.7 Å². The Balaban J connectivity index is 0.00000171. The SMILES string of the molecule is C[n+]1c2c3c(nc(-c4ccccc4)cc3c3ccccc31)-c1ccccc1-2.[I-]. The largest absolute Gasteiger partial charge is 1.00 e. The average molecular weight is 472 g/mol. The van der Waals surface area contributed by atoms with Crippen molar-refractivity contribution >= 4 is 21.7 Å². The van der Waals surface area contributed by atoms with Crippen molar-refractivity contribution in [2.24, 2.45) is 7.05 Å². The molecule has 3 aromatic carbocycles. The summed E-state index contributed by atoms with van der Waals surface area (Å²) < 4.78 is 2.32. The molecule has 2 nitrogen and oxygen atoms in total. The van der Waals surface area contributed by atoms with Gasteiger partial charge in [-0.05, 0) is 18.2 Å². The second-order valence-corrected chi connectivity index (χ2v) is 7.12. The molecule has 0 amide bonds. The summed E-state index contributed by atoms with van der Waals surface area (Å²) in [6, 6.07) is 30.0. The minimum Gasteiger partial charge on any atom is -1.00 e. The highest BCUT2D eigenvalue weighted by Crippen LogP contribution is 2.46. The molecule has 0 bridgehead atoms. The van der Waals surface area contributed by atoms with Crippen LogP contribution in [-0.2, 0) is 7.05 Å². The zero-order valence-corrected chi connectivity index (χ0v) is 17.5. The number of aryl methyl sites for hydroxylation is 1. The molecule has 6 rings (SSSR count). The van der Waals surface area contributed by atoms with Crippen LogP contribution in [0.1, 0.15) is 0 Å². The summed E-state index contributed by atoms with van der Waals surface area (Å²) in [6.45, 7) is 0. The molecule has 0 unspecified atom stereocenters. The topological polar surface area (TPSA) is 16.8 Å². The van der Waals surface area contributed by atoms with Gasteiger partial charge in [-0.15, -0.1) is 0 Å². The lowest BCUT2D eigenvalue weighted by molar-refractivity contribution is -0.632. The third-order valence-electron chi connectivity index (χ3n) is 5.65. The Morgan fingerprint density at radius 2 is 1.39 bits per heavy atom. The molecule has 0 spiro atoms. The first kappa shape index (κ1) is 17.3. The zero-order chi connectivity index (χ0) is 18.0. The summed E-state index contributed by atoms with van der Waals surface area (Å²) in [4.78, 5) is 5.12. The highest BCUT2D eigenvalue weighted by molar-refractivity contribution is 6.19. The first-order chi connectivity index (χ1) is 13.3. The van der Waals surface area contributed by atoms with E-state index in [0.717, 1.165) is 17.0 Å². The van der Waals surface area contributed by atoms with Crippen LogP contribution in [0.4, 0.5) is 0 Å². The van der Waals surface area contributed by atoms with E-state index in [0.29, 0.717) is 0 Å². The van der Waals surface area contributed by atoms with Crippen molar-refractivity contribution in [3.05, 3.63) is 84.9 Å². The second-order valence-electron chi connectivity index (χ2n) is 7.12. The van der Waals surface area contributed by atoms with Gasteiger partial charge in [-0.25, -0.2) is 4.98 Å². The van der Waals surface area contributed by atoms with E-state index >= 15 is 0 Å².